The highest BCUT2D eigenvalue weighted by Gasteiger charge is 2.20. The third-order valence-corrected chi connectivity index (χ3v) is 3.23. The number of piperazine rings is 1. The topological polar surface area (TPSA) is 52.8 Å². The van der Waals surface area contributed by atoms with E-state index in [9.17, 15) is 4.79 Å². The molecule has 1 aliphatic rings. The van der Waals surface area contributed by atoms with E-state index in [1.54, 1.807) is 5.01 Å². The summed E-state index contributed by atoms with van der Waals surface area (Å²) in [5.74, 6) is 5.77. The van der Waals surface area contributed by atoms with Gasteiger partial charge >= 0.3 is 0 Å². The Morgan fingerprint density at radius 2 is 1.67 bits per heavy atom. The maximum absolute atomic E-state index is 12.2. The molecule has 1 heterocycles. The summed E-state index contributed by atoms with van der Waals surface area (Å²) in [6.45, 7) is 2.87. The van der Waals surface area contributed by atoms with E-state index < -0.39 is 0 Å². The highest BCUT2D eigenvalue weighted by molar-refractivity contribution is 5.94. The summed E-state index contributed by atoms with van der Waals surface area (Å²) < 4.78 is 0. The molecule has 1 saturated heterocycles. The summed E-state index contributed by atoms with van der Waals surface area (Å²) in [5.41, 5.74) is 1.84. The maximum Gasteiger partial charge on any atom is 0.253 e. The zero-order chi connectivity index (χ0) is 13.1. The predicted molar refractivity (Wildman–Crippen MR) is 72.4 cm³/mol. The molecule has 1 amide bonds. The SMILES string of the molecule is CN(C)c1ccc(C(=O)N2CCN(N)CC2)cc1. The van der Waals surface area contributed by atoms with E-state index in [1.807, 2.05) is 48.2 Å². The van der Waals surface area contributed by atoms with E-state index in [4.69, 9.17) is 5.84 Å². The summed E-state index contributed by atoms with van der Waals surface area (Å²) in [6, 6.07) is 7.69. The van der Waals surface area contributed by atoms with Crippen LogP contribution < -0.4 is 10.7 Å². The average Bonchev–Trinajstić information content (AvgIpc) is 2.39. The van der Waals surface area contributed by atoms with Crippen molar-refractivity contribution in [1.29, 1.82) is 0 Å². The van der Waals surface area contributed by atoms with Gasteiger partial charge in [-0.1, -0.05) is 0 Å². The van der Waals surface area contributed by atoms with Gasteiger partial charge in [-0.15, -0.1) is 0 Å². The highest BCUT2D eigenvalue weighted by atomic mass is 16.2. The average molecular weight is 248 g/mol. The molecule has 0 unspecified atom stereocenters. The number of nitrogens with two attached hydrogens (primary N) is 1. The first-order valence-electron chi connectivity index (χ1n) is 6.14. The summed E-state index contributed by atoms with van der Waals surface area (Å²) in [6.07, 6.45) is 0. The molecule has 0 saturated carbocycles. The van der Waals surface area contributed by atoms with Crippen molar-refractivity contribution in [3.8, 4) is 0 Å². The predicted octanol–water partition coefficient (Wildman–Crippen LogP) is 0.384. The van der Waals surface area contributed by atoms with Crippen LogP contribution in [0, 0.1) is 0 Å². The first-order valence-corrected chi connectivity index (χ1v) is 6.14. The van der Waals surface area contributed by atoms with Crippen LogP contribution in [0.3, 0.4) is 0 Å². The van der Waals surface area contributed by atoms with Gasteiger partial charge in [0.15, 0.2) is 0 Å². The van der Waals surface area contributed by atoms with Crippen molar-refractivity contribution >= 4 is 11.6 Å². The van der Waals surface area contributed by atoms with Crippen LogP contribution in [0.5, 0.6) is 0 Å². The molecule has 5 nitrogen and oxygen atoms in total. The Morgan fingerprint density at radius 3 is 2.17 bits per heavy atom. The minimum absolute atomic E-state index is 0.0911. The number of benzene rings is 1. The van der Waals surface area contributed by atoms with Crippen molar-refractivity contribution < 1.29 is 4.79 Å². The number of anilines is 1. The summed E-state index contributed by atoms with van der Waals surface area (Å²) >= 11 is 0. The minimum atomic E-state index is 0.0911. The number of carbonyl (C=O) groups is 1. The largest absolute Gasteiger partial charge is 0.378 e. The summed E-state index contributed by atoms with van der Waals surface area (Å²) in [5, 5.41) is 1.75. The van der Waals surface area contributed by atoms with Gasteiger partial charge in [0, 0.05) is 51.5 Å². The first-order chi connectivity index (χ1) is 8.58. The molecule has 1 fully saturated rings. The third-order valence-electron chi connectivity index (χ3n) is 3.23. The molecule has 0 atom stereocenters. The zero-order valence-electron chi connectivity index (χ0n) is 11.0. The van der Waals surface area contributed by atoms with Gasteiger partial charge < -0.3 is 9.80 Å². The lowest BCUT2D eigenvalue weighted by Crippen LogP contribution is -2.51. The smallest absolute Gasteiger partial charge is 0.253 e. The third kappa shape index (κ3) is 2.80. The maximum atomic E-state index is 12.2. The van der Waals surface area contributed by atoms with E-state index in [2.05, 4.69) is 0 Å². The minimum Gasteiger partial charge on any atom is -0.378 e. The lowest BCUT2D eigenvalue weighted by Gasteiger charge is -2.32. The number of hydrogen-bond acceptors (Lipinski definition) is 4. The van der Waals surface area contributed by atoms with Crippen molar-refractivity contribution in [2.45, 2.75) is 0 Å². The van der Waals surface area contributed by atoms with E-state index in [0.717, 1.165) is 24.3 Å². The molecule has 5 heteroatoms. The van der Waals surface area contributed by atoms with E-state index in [-0.39, 0.29) is 5.91 Å². The molecular weight excluding hydrogens is 228 g/mol. The van der Waals surface area contributed by atoms with Crippen LogP contribution in [0.25, 0.3) is 0 Å². The van der Waals surface area contributed by atoms with Crippen LogP contribution in [0.1, 0.15) is 10.4 Å². The van der Waals surface area contributed by atoms with Crippen molar-refractivity contribution in [1.82, 2.24) is 9.91 Å². The summed E-state index contributed by atoms with van der Waals surface area (Å²) in [4.78, 5) is 16.1. The molecule has 2 rings (SSSR count). The molecule has 1 aliphatic heterocycles. The van der Waals surface area contributed by atoms with Gasteiger partial charge in [-0.3, -0.25) is 10.6 Å². The molecule has 18 heavy (non-hydrogen) atoms. The first kappa shape index (κ1) is 12.9. The fraction of sp³-hybridized carbons (Fsp3) is 0.462. The lowest BCUT2D eigenvalue weighted by atomic mass is 10.1. The second-order valence-electron chi connectivity index (χ2n) is 4.77. The Kier molecular flexibility index (Phi) is 3.84. The van der Waals surface area contributed by atoms with Crippen molar-refractivity contribution in [2.24, 2.45) is 5.84 Å². The Morgan fingerprint density at radius 1 is 1.11 bits per heavy atom. The number of amides is 1. The van der Waals surface area contributed by atoms with Gasteiger partial charge in [-0.2, -0.15) is 0 Å². The Balaban J connectivity index is 2.04. The van der Waals surface area contributed by atoms with Crippen molar-refractivity contribution in [3.05, 3.63) is 29.8 Å². The fourth-order valence-corrected chi connectivity index (χ4v) is 2.01. The summed E-state index contributed by atoms with van der Waals surface area (Å²) in [7, 11) is 3.97. The van der Waals surface area contributed by atoms with Gasteiger partial charge in [-0.25, -0.2) is 5.01 Å². The number of rotatable bonds is 2. The van der Waals surface area contributed by atoms with Crippen LogP contribution in [0.15, 0.2) is 24.3 Å². The van der Waals surface area contributed by atoms with Gasteiger partial charge in [0.25, 0.3) is 5.91 Å². The Bertz CT molecular complexity index is 408. The standard InChI is InChI=1S/C13H20N4O/c1-15(2)12-5-3-11(4-6-12)13(18)16-7-9-17(14)10-8-16/h3-6H,7-10,14H2,1-2H3. The quantitative estimate of drug-likeness (QED) is 0.769. The molecular formula is C13H20N4O. The Labute approximate surface area is 108 Å². The normalized spacial score (nSPS) is 16.7. The van der Waals surface area contributed by atoms with Crippen molar-refractivity contribution in [2.75, 3.05) is 45.2 Å². The van der Waals surface area contributed by atoms with E-state index in [1.165, 1.54) is 0 Å². The van der Waals surface area contributed by atoms with Gasteiger partial charge in [0.2, 0.25) is 0 Å². The van der Waals surface area contributed by atoms with Crippen molar-refractivity contribution in [3.63, 3.8) is 0 Å². The molecule has 0 bridgehead atoms. The molecule has 0 aliphatic carbocycles. The van der Waals surface area contributed by atoms with Crippen LogP contribution in [-0.2, 0) is 0 Å². The second kappa shape index (κ2) is 5.37. The van der Waals surface area contributed by atoms with Gasteiger partial charge in [0.1, 0.15) is 0 Å². The van der Waals surface area contributed by atoms with Crippen LogP contribution in [0.4, 0.5) is 5.69 Å². The number of carbonyl (C=O) groups excluding carboxylic acids is 1. The number of nitrogens with zero attached hydrogens (tertiary/aromatic N) is 3. The molecule has 0 spiro atoms. The molecule has 0 aromatic heterocycles. The number of hydrogen-bond donors (Lipinski definition) is 1. The van der Waals surface area contributed by atoms with Gasteiger partial charge in [-0.05, 0) is 24.3 Å². The second-order valence-corrected chi connectivity index (χ2v) is 4.77. The lowest BCUT2D eigenvalue weighted by molar-refractivity contribution is 0.0638. The van der Waals surface area contributed by atoms with Gasteiger partial charge in [0.05, 0.1) is 0 Å². The molecule has 0 radical (unpaired) electrons. The Hall–Kier alpha value is -1.59. The number of hydrazine groups is 1. The molecule has 1 aromatic carbocycles. The van der Waals surface area contributed by atoms with Crippen LogP contribution in [-0.4, -0.2) is 56.1 Å². The van der Waals surface area contributed by atoms with E-state index in [0.29, 0.717) is 13.1 Å². The highest BCUT2D eigenvalue weighted by Crippen LogP contribution is 2.14. The molecule has 2 N–H and O–H groups in total. The molecule has 1 aromatic rings. The van der Waals surface area contributed by atoms with Crippen LogP contribution in [0.2, 0.25) is 0 Å². The monoisotopic (exact) mass is 248 g/mol. The fourth-order valence-electron chi connectivity index (χ4n) is 2.01. The molecule has 98 valence electrons. The van der Waals surface area contributed by atoms with E-state index >= 15 is 0 Å². The van der Waals surface area contributed by atoms with Crippen LogP contribution >= 0.6 is 0 Å². The zero-order valence-corrected chi connectivity index (χ0v) is 11.0.